The van der Waals surface area contributed by atoms with Gasteiger partial charge in [-0.25, -0.2) is 0 Å². The minimum absolute atomic E-state index is 0.283. The Bertz CT molecular complexity index is 442. The predicted molar refractivity (Wildman–Crippen MR) is 78.7 cm³/mol. The molecule has 19 heavy (non-hydrogen) atoms. The van der Waals surface area contributed by atoms with Gasteiger partial charge in [-0.1, -0.05) is 26.0 Å². The molecule has 1 aromatic carbocycles. The monoisotopic (exact) mass is 260 g/mol. The van der Waals surface area contributed by atoms with Gasteiger partial charge < -0.3 is 10.6 Å². The zero-order valence-corrected chi connectivity index (χ0v) is 11.9. The van der Waals surface area contributed by atoms with Crippen LogP contribution in [0.2, 0.25) is 0 Å². The van der Waals surface area contributed by atoms with Gasteiger partial charge in [0.05, 0.1) is 0 Å². The first-order chi connectivity index (χ1) is 9.06. The first kappa shape index (κ1) is 13.9. The van der Waals surface area contributed by atoms with Crippen molar-refractivity contribution >= 4 is 11.6 Å². The number of amides is 1. The van der Waals surface area contributed by atoms with Crippen LogP contribution in [0.4, 0.5) is 5.69 Å². The highest BCUT2D eigenvalue weighted by molar-refractivity contribution is 5.76. The summed E-state index contributed by atoms with van der Waals surface area (Å²) in [5.74, 6) is 1.63. The van der Waals surface area contributed by atoms with Crippen molar-refractivity contribution in [2.75, 3.05) is 18.8 Å². The van der Waals surface area contributed by atoms with Crippen LogP contribution < -0.4 is 5.73 Å². The molecule has 1 heterocycles. The molecule has 0 bridgehead atoms. The van der Waals surface area contributed by atoms with Gasteiger partial charge in [-0.05, 0) is 42.4 Å². The molecule has 0 spiro atoms. The molecule has 1 aliphatic heterocycles. The second-order valence-corrected chi connectivity index (χ2v) is 5.88. The molecule has 1 saturated heterocycles. The molecule has 2 N–H and O–H groups in total. The SMILES string of the molecule is CC(C)C1CCN(C(=O)CCc2cccc(N)c2)C1. The van der Waals surface area contributed by atoms with E-state index in [1.54, 1.807) is 0 Å². The molecule has 1 atom stereocenters. The van der Waals surface area contributed by atoms with E-state index < -0.39 is 0 Å². The van der Waals surface area contributed by atoms with Gasteiger partial charge in [0.2, 0.25) is 5.91 Å². The fraction of sp³-hybridized carbons (Fsp3) is 0.562. The van der Waals surface area contributed by atoms with Gasteiger partial charge >= 0.3 is 0 Å². The molecule has 0 saturated carbocycles. The number of hydrogen-bond donors (Lipinski definition) is 1. The van der Waals surface area contributed by atoms with E-state index in [-0.39, 0.29) is 5.91 Å². The van der Waals surface area contributed by atoms with E-state index in [0.717, 1.165) is 37.2 Å². The highest BCUT2D eigenvalue weighted by Crippen LogP contribution is 2.24. The van der Waals surface area contributed by atoms with E-state index in [1.807, 2.05) is 29.2 Å². The van der Waals surface area contributed by atoms with E-state index in [0.29, 0.717) is 18.3 Å². The van der Waals surface area contributed by atoms with E-state index in [1.165, 1.54) is 0 Å². The standard InChI is InChI=1S/C16H24N2O/c1-12(2)14-8-9-18(11-14)16(19)7-6-13-4-3-5-15(17)10-13/h3-5,10,12,14H,6-9,11,17H2,1-2H3. The van der Waals surface area contributed by atoms with Crippen molar-refractivity contribution in [3.05, 3.63) is 29.8 Å². The average molecular weight is 260 g/mol. The summed E-state index contributed by atoms with van der Waals surface area (Å²) in [5, 5.41) is 0. The summed E-state index contributed by atoms with van der Waals surface area (Å²) in [5.41, 5.74) is 7.66. The van der Waals surface area contributed by atoms with Crippen LogP contribution in [0.3, 0.4) is 0 Å². The predicted octanol–water partition coefficient (Wildman–Crippen LogP) is 2.71. The molecule has 3 heteroatoms. The van der Waals surface area contributed by atoms with Crippen molar-refractivity contribution in [2.45, 2.75) is 33.1 Å². The molecule has 1 aliphatic rings. The zero-order chi connectivity index (χ0) is 13.8. The average Bonchev–Trinajstić information content (AvgIpc) is 2.86. The van der Waals surface area contributed by atoms with Crippen molar-refractivity contribution < 1.29 is 4.79 Å². The van der Waals surface area contributed by atoms with Crippen molar-refractivity contribution in [3.8, 4) is 0 Å². The first-order valence-electron chi connectivity index (χ1n) is 7.18. The van der Waals surface area contributed by atoms with Crippen LogP contribution in [0.25, 0.3) is 0 Å². The van der Waals surface area contributed by atoms with Gasteiger partial charge in [0, 0.05) is 25.2 Å². The Balaban J connectivity index is 1.82. The number of anilines is 1. The Morgan fingerprint density at radius 1 is 1.47 bits per heavy atom. The quantitative estimate of drug-likeness (QED) is 0.846. The lowest BCUT2D eigenvalue weighted by Gasteiger charge is -2.18. The maximum atomic E-state index is 12.2. The largest absolute Gasteiger partial charge is 0.399 e. The van der Waals surface area contributed by atoms with Crippen LogP contribution in [0.15, 0.2) is 24.3 Å². The van der Waals surface area contributed by atoms with Crippen molar-refractivity contribution in [1.29, 1.82) is 0 Å². The summed E-state index contributed by atoms with van der Waals surface area (Å²) in [6, 6.07) is 7.80. The van der Waals surface area contributed by atoms with Crippen molar-refractivity contribution in [3.63, 3.8) is 0 Å². The molecule has 104 valence electrons. The third-order valence-electron chi connectivity index (χ3n) is 4.10. The van der Waals surface area contributed by atoms with Crippen molar-refractivity contribution in [1.82, 2.24) is 4.90 Å². The lowest BCUT2D eigenvalue weighted by molar-refractivity contribution is -0.130. The van der Waals surface area contributed by atoms with E-state index in [9.17, 15) is 4.79 Å². The van der Waals surface area contributed by atoms with Crippen LogP contribution in [-0.4, -0.2) is 23.9 Å². The number of nitrogens with zero attached hydrogens (tertiary/aromatic N) is 1. The van der Waals surface area contributed by atoms with Gasteiger partial charge in [0.15, 0.2) is 0 Å². The van der Waals surface area contributed by atoms with Gasteiger partial charge in [-0.3, -0.25) is 4.79 Å². The van der Waals surface area contributed by atoms with E-state index >= 15 is 0 Å². The minimum atomic E-state index is 0.283. The molecular weight excluding hydrogens is 236 g/mol. The minimum Gasteiger partial charge on any atom is -0.399 e. The Hall–Kier alpha value is -1.51. The van der Waals surface area contributed by atoms with Gasteiger partial charge in [0.1, 0.15) is 0 Å². The maximum Gasteiger partial charge on any atom is 0.222 e. The number of rotatable bonds is 4. The molecule has 3 nitrogen and oxygen atoms in total. The Kier molecular flexibility index (Phi) is 4.46. The number of nitrogen functional groups attached to an aromatic ring is 1. The molecule has 2 rings (SSSR count). The number of carbonyl (C=O) groups excluding carboxylic acids is 1. The molecule has 0 aliphatic carbocycles. The number of likely N-dealkylation sites (tertiary alicyclic amines) is 1. The highest BCUT2D eigenvalue weighted by atomic mass is 16.2. The number of benzene rings is 1. The first-order valence-corrected chi connectivity index (χ1v) is 7.18. The number of aryl methyl sites for hydroxylation is 1. The van der Waals surface area contributed by atoms with Gasteiger partial charge in [-0.2, -0.15) is 0 Å². The summed E-state index contributed by atoms with van der Waals surface area (Å²) < 4.78 is 0. The number of carbonyl (C=O) groups is 1. The number of hydrogen-bond acceptors (Lipinski definition) is 2. The smallest absolute Gasteiger partial charge is 0.222 e. The summed E-state index contributed by atoms with van der Waals surface area (Å²) in [6.07, 6.45) is 2.53. The fourth-order valence-electron chi connectivity index (χ4n) is 2.72. The van der Waals surface area contributed by atoms with Crippen LogP contribution in [-0.2, 0) is 11.2 Å². The summed E-state index contributed by atoms with van der Waals surface area (Å²) in [7, 11) is 0. The number of nitrogens with two attached hydrogens (primary N) is 1. The van der Waals surface area contributed by atoms with Gasteiger partial charge in [-0.15, -0.1) is 0 Å². The van der Waals surface area contributed by atoms with Crippen LogP contribution >= 0.6 is 0 Å². The van der Waals surface area contributed by atoms with Crippen LogP contribution in [0, 0.1) is 11.8 Å². The summed E-state index contributed by atoms with van der Waals surface area (Å²) in [6.45, 7) is 6.35. The maximum absolute atomic E-state index is 12.2. The second kappa shape index (κ2) is 6.09. The molecule has 1 unspecified atom stereocenters. The Labute approximate surface area is 115 Å². The van der Waals surface area contributed by atoms with Crippen LogP contribution in [0.5, 0.6) is 0 Å². The molecule has 0 radical (unpaired) electrons. The molecule has 1 aromatic rings. The third-order valence-corrected chi connectivity index (χ3v) is 4.10. The van der Waals surface area contributed by atoms with Crippen LogP contribution in [0.1, 0.15) is 32.3 Å². The van der Waals surface area contributed by atoms with E-state index in [4.69, 9.17) is 5.73 Å². The zero-order valence-electron chi connectivity index (χ0n) is 11.9. The lowest BCUT2D eigenvalue weighted by atomic mass is 9.95. The normalized spacial score (nSPS) is 19.1. The molecular formula is C16H24N2O. The topological polar surface area (TPSA) is 46.3 Å². The fourth-order valence-corrected chi connectivity index (χ4v) is 2.72. The molecule has 1 fully saturated rings. The Morgan fingerprint density at radius 3 is 2.89 bits per heavy atom. The highest BCUT2D eigenvalue weighted by Gasteiger charge is 2.27. The van der Waals surface area contributed by atoms with Crippen molar-refractivity contribution in [2.24, 2.45) is 11.8 Å². The van der Waals surface area contributed by atoms with Gasteiger partial charge in [0.25, 0.3) is 0 Å². The molecule has 1 amide bonds. The summed E-state index contributed by atoms with van der Waals surface area (Å²) >= 11 is 0. The second-order valence-electron chi connectivity index (χ2n) is 5.88. The van der Waals surface area contributed by atoms with E-state index in [2.05, 4.69) is 13.8 Å². The molecule has 0 aromatic heterocycles. The Morgan fingerprint density at radius 2 is 2.26 bits per heavy atom. The summed E-state index contributed by atoms with van der Waals surface area (Å²) in [4.78, 5) is 14.2. The third kappa shape index (κ3) is 3.72. The lowest BCUT2D eigenvalue weighted by Crippen LogP contribution is -2.29.